The number of hydrogen-bond donors (Lipinski definition) is 1. The van der Waals surface area contributed by atoms with Gasteiger partial charge >= 0.3 is 0 Å². The van der Waals surface area contributed by atoms with Gasteiger partial charge in [-0.3, -0.25) is 0 Å². The molecule has 1 N–H and O–H groups in total. The Kier molecular flexibility index (Phi) is 3.53. The van der Waals surface area contributed by atoms with E-state index in [0.717, 1.165) is 29.8 Å². The number of nitrogens with zero attached hydrogens (tertiary/aromatic N) is 3. The van der Waals surface area contributed by atoms with Gasteiger partial charge in [0.15, 0.2) is 0 Å². The first kappa shape index (κ1) is 12.9. The van der Waals surface area contributed by atoms with Crippen LogP contribution in [0.2, 0.25) is 0 Å². The summed E-state index contributed by atoms with van der Waals surface area (Å²) >= 11 is 0. The molecule has 2 heterocycles. The molecule has 0 amide bonds. The highest BCUT2D eigenvalue weighted by Crippen LogP contribution is 2.23. The van der Waals surface area contributed by atoms with Crippen LogP contribution >= 0.6 is 0 Å². The third-order valence-electron chi connectivity index (χ3n) is 3.84. The fraction of sp³-hybridized carbons (Fsp3) is 0.375. The molecule has 1 unspecified atom stereocenters. The molecule has 2 aromatic rings. The normalized spacial score (nSPS) is 18.1. The van der Waals surface area contributed by atoms with Crippen molar-refractivity contribution < 1.29 is 0 Å². The fourth-order valence-corrected chi connectivity index (χ4v) is 2.81. The third-order valence-corrected chi connectivity index (χ3v) is 3.84. The molecule has 1 atom stereocenters. The number of para-hydroxylation sites is 1. The van der Waals surface area contributed by atoms with Gasteiger partial charge in [0, 0.05) is 25.0 Å². The number of likely N-dealkylation sites (N-methyl/N-ethyl adjacent to an activating group) is 1. The maximum absolute atomic E-state index is 9.36. The minimum Gasteiger partial charge on any atom is -0.357 e. The molecular formula is C16H18N4. The Morgan fingerprint density at radius 1 is 1.45 bits per heavy atom. The molecule has 4 nitrogen and oxygen atoms in total. The molecule has 20 heavy (non-hydrogen) atoms. The fourth-order valence-electron chi connectivity index (χ4n) is 2.81. The predicted octanol–water partition coefficient (Wildman–Crippen LogP) is 2.29. The van der Waals surface area contributed by atoms with Crippen LogP contribution in [0.5, 0.6) is 0 Å². The van der Waals surface area contributed by atoms with Gasteiger partial charge in [0.25, 0.3) is 0 Å². The van der Waals surface area contributed by atoms with E-state index in [9.17, 15) is 5.26 Å². The van der Waals surface area contributed by atoms with Crippen LogP contribution < -0.4 is 10.2 Å². The number of nitrogens with one attached hydrogen (secondary N) is 1. The van der Waals surface area contributed by atoms with Gasteiger partial charge in [0.1, 0.15) is 11.9 Å². The van der Waals surface area contributed by atoms with Gasteiger partial charge in [-0.15, -0.1) is 0 Å². The van der Waals surface area contributed by atoms with Crippen molar-refractivity contribution in [3.05, 3.63) is 35.9 Å². The van der Waals surface area contributed by atoms with E-state index in [1.54, 1.807) is 0 Å². The molecule has 0 aliphatic carbocycles. The Balaban J connectivity index is 1.94. The van der Waals surface area contributed by atoms with Crippen LogP contribution in [-0.4, -0.2) is 31.2 Å². The number of fused-ring (bicyclic) bond motifs is 1. The van der Waals surface area contributed by atoms with Crippen LogP contribution in [-0.2, 0) is 0 Å². The van der Waals surface area contributed by atoms with E-state index >= 15 is 0 Å². The second-order valence-electron chi connectivity index (χ2n) is 5.34. The van der Waals surface area contributed by atoms with E-state index in [1.165, 1.54) is 12.8 Å². The highest BCUT2D eigenvalue weighted by Gasteiger charge is 2.18. The quantitative estimate of drug-likeness (QED) is 0.926. The maximum atomic E-state index is 9.36. The van der Waals surface area contributed by atoms with Gasteiger partial charge in [0.05, 0.1) is 11.1 Å². The number of benzene rings is 1. The lowest BCUT2D eigenvalue weighted by Crippen LogP contribution is -2.36. The lowest BCUT2D eigenvalue weighted by Gasteiger charge is -2.23. The van der Waals surface area contributed by atoms with Crippen molar-refractivity contribution in [2.75, 3.05) is 25.0 Å². The van der Waals surface area contributed by atoms with Crippen LogP contribution in [0.25, 0.3) is 10.9 Å². The number of nitriles is 1. The topological polar surface area (TPSA) is 52.0 Å². The average Bonchev–Trinajstić information content (AvgIpc) is 2.98. The van der Waals surface area contributed by atoms with Crippen LogP contribution in [0.4, 0.5) is 5.82 Å². The summed E-state index contributed by atoms with van der Waals surface area (Å²) in [5.41, 5.74) is 1.58. The summed E-state index contributed by atoms with van der Waals surface area (Å²) in [5.74, 6) is 0.778. The summed E-state index contributed by atoms with van der Waals surface area (Å²) in [6.07, 6.45) is 2.43. The highest BCUT2D eigenvalue weighted by atomic mass is 15.2. The Morgan fingerprint density at radius 3 is 3.05 bits per heavy atom. The van der Waals surface area contributed by atoms with E-state index in [4.69, 9.17) is 0 Å². The van der Waals surface area contributed by atoms with Gasteiger partial charge < -0.3 is 10.2 Å². The summed E-state index contributed by atoms with van der Waals surface area (Å²) in [7, 11) is 2.01. The summed E-state index contributed by atoms with van der Waals surface area (Å²) in [5, 5.41) is 13.8. The Morgan fingerprint density at radius 2 is 2.30 bits per heavy atom. The van der Waals surface area contributed by atoms with E-state index in [1.807, 2.05) is 37.4 Å². The second kappa shape index (κ2) is 5.48. The molecule has 1 fully saturated rings. The van der Waals surface area contributed by atoms with Crippen molar-refractivity contribution in [1.29, 1.82) is 5.26 Å². The largest absolute Gasteiger partial charge is 0.357 e. The molecule has 1 aromatic carbocycles. The average molecular weight is 266 g/mol. The smallest absolute Gasteiger partial charge is 0.147 e. The first-order valence-corrected chi connectivity index (χ1v) is 7.02. The van der Waals surface area contributed by atoms with Crippen LogP contribution in [0, 0.1) is 11.3 Å². The predicted molar refractivity (Wildman–Crippen MR) is 80.8 cm³/mol. The SMILES string of the molecule is CN(CC1CCCN1)c1nc2ccccc2cc1C#N. The van der Waals surface area contributed by atoms with Gasteiger partial charge in [-0.05, 0) is 31.5 Å². The standard InChI is InChI=1S/C16H18N4/c1-20(11-14-6-4-8-18-14)16-13(10-17)9-12-5-2-3-7-15(12)19-16/h2-3,5,7,9,14,18H,4,6,8,11H2,1H3. The van der Waals surface area contributed by atoms with Gasteiger partial charge in [-0.2, -0.15) is 5.26 Å². The van der Waals surface area contributed by atoms with Gasteiger partial charge in [0.2, 0.25) is 0 Å². The Labute approximate surface area is 119 Å². The number of rotatable bonds is 3. The summed E-state index contributed by atoms with van der Waals surface area (Å²) < 4.78 is 0. The van der Waals surface area contributed by atoms with Crippen LogP contribution in [0.3, 0.4) is 0 Å². The van der Waals surface area contributed by atoms with Crippen molar-refractivity contribution in [3.8, 4) is 6.07 Å². The third kappa shape index (κ3) is 2.45. The van der Waals surface area contributed by atoms with Gasteiger partial charge in [-0.25, -0.2) is 4.98 Å². The summed E-state index contributed by atoms with van der Waals surface area (Å²) in [4.78, 5) is 6.75. The van der Waals surface area contributed by atoms with Gasteiger partial charge in [-0.1, -0.05) is 18.2 Å². The van der Waals surface area contributed by atoms with Crippen molar-refractivity contribution in [1.82, 2.24) is 10.3 Å². The number of aromatic nitrogens is 1. The molecular weight excluding hydrogens is 248 g/mol. The molecule has 0 radical (unpaired) electrons. The Hall–Kier alpha value is -2.12. The minimum absolute atomic E-state index is 0.500. The molecule has 0 bridgehead atoms. The highest BCUT2D eigenvalue weighted by molar-refractivity contribution is 5.83. The first-order valence-electron chi connectivity index (χ1n) is 7.02. The zero-order chi connectivity index (χ0) is 13.9. The number of pyridine rings is 1. The van der Waals surface area contributed by atoms with E-state index in [0.29, 0.717) is 11.6 Å². The van der Waals surface area contributed by atoms with Crippen molar-refractivity contribution in [2.24, 2.45) is 0 Å². The molecule has 1 aliphatic heterocycles. The van der Waals surface area contributed by atoms with E-state index in [-0.39, 0.29) is 0 Å². The maximum Gasteiger partial charge on any atom is 0.147 e. The molecule has 1 aromatic heterocycles. The van der Waals surface area contributed by atoms with Crippen molar-refractivity contribution >= 4 is 16.7 Å². The van der Waals surface area contributed by atoms with Crippen molar-refractivity contribution in [3.63, 3.8) is 0 Å². The molecule has 102 valence electrons. The number of hydrogen-bond acceptors (Lipinski definition) is 4. The van der Waals surface area contributed by atoms with E-state index in [2.05, 4.69) is 21.3 Å². The number of anilines is 1. The summed E-state index contributed by atoms with van der Waals surface area (Å²) in [6.45, 7) is 1.98. The minimum atomic E-state index is 0.500. The molecule has 3 rings (SSSR count). The monoisotopic (exact) mass is 266 g/mol. The molecule has 4 heteroatoms. The zero-order valence-corrected chi connectivity index (χ0v) is 11.6. The first-order chi connectivity index (χ1) is 9.78. The lowest BCUT2D eigenvalue weighted by molar-refractivity contribution is 0.597. The van der Waals surface area contributed by atoms with Crippen LogP contribution in [0.1, 0.15) is 18.4 Å². The van der Waals surface area contributed by atoms with Crippen LogP contribution in [0.15, 0.2) is 30.3 Å². The molecule has 0 saturated carbocycles. The molecule has 1 saturated heterocycles. The van der Waals surface area contributed by atoms with E-state index < -0.39 is 0 Å². The zero-order valence-electron chi connectivity index (χ0n) is 11.6. The summed E-state index contributed by atoms with van der Waals surface area (Å²) in [6, 6.07) is 12.6. The van der Waals surface area contributed by atoms with Crippen molar-refractivity contribution in [2.45, 2.75) is 18.9 Å². The molecule has 0 spiro atoms. The lowest BCUT2D eigenvalue weighted by atomic mass is 10.1. The Bertz CT molecular complexity index is 653. The second-order valence-corrected chi connectivity index (χ2v) is 5.34. The molecule has 1 aliphatic rings.